The maximum atomic E-state index is 6.43. The van der Waals surface area contributed by atoms with Crippen LogP contribution in [-0.2, 0) is 0 Å². The first kappa shape index (κ1) is 16.2. The van der Waals surface area contributed by atoms with E-state index in [0.29, 0.717) is 16.5 Å². The Labute approximate surface area is 132 Å². The highest BCUT2D eigenvalue weighted by atomic mass is 35.5. The van der Waals surface area contributed by atoms with Gasteiger partial charge in [0.15, 0.2) is 0 Å². The first-order chi connectivity index (χ1) is 9.51. The molecule has 1 fully saturated rings. The Morgan fingerprint density at radius 1 is 1.25 bits per heavy atom. The second kappa shape index (κ2) is 7.17. The Balaban J connectivity index is 2.25. The number of hydrogen-bond acceptors (Lipinski definition) is 3. The van der Waals surface area contributed by atoms with Gasteiger partial charge in [0, 0.05) is 40.7 Å². The number of hydrogen-bond donors (Lipinski definition) is 1. The van der Waals surface area contributed by atoms with Gasteiger partial charge in [-0.1, -0.05) is 44.5 Å². The van der Waals surface area contributed by atoms with Crippen molar-refractivity contribution >= 4 is 23.4 Å². The molecule has 0 bridgehead atoms. The van der Waals surface area contributed by atoms with Crippen LogP contribution in [0.3, 0.4) is 0 Å². The fraction of sp³-hybridized carbons (Fsp3) is 0.625. The monoisotopic (exact) mass is 312 g/mol. The molecule has 0 aromatic heterocycles. The summed E-state index contributed by atoms with van der Waals surface area (Å²) in [5, 5.41) is 2.11. The van der Waals surface area contributed by atoms with Crippen LogP contribution < -0.4 is 5.73 Å². The van der Waals surface area contributed by atoms with Crippen molar-refractivity contribution in [2.75, 3.05) is 13.1 Å². The van der Waals surface area contributed by atoms with Gasteiger partial charge in [-0.05, 0) is 24.1 Å². The van der Waals surface area contributed by atoms with Gasteiger partial charge in [-0.15, -0.1) is 0 Å². The van der Waals surface area contributed by atoms with E-state index in [1.165, 1.54) is 5.56 Å². The molecule has 1 saturated heterocycles. The fourth-order valence-corrected chi connectivity index (χ4v) is 4.53. The zero-order chi connectivity index (χ0) is 14.7. The van der Waals surface area contributed by atoms with Crippen molar-refractivity contribution in [2.24, 2.45) is 5.73 Å². The highest BCUT2D eigenvalue weighted by molar-refractivity contribution is 8.00. The molecule has 4 heteroatoms. The minimum Gasteiger partial charge on any atom is -0.326 e. The van der Waals surface area contributed by atoms with Gasteiger partial charge in [-0.3, -0.25) is 4.90 Å². The summed E-state index contributed by atoms with van der Waals surface area (Å²) in [6, 6.07) is 8.65. The smallest absolute Gasteiger partial charge is 0.0499 e. The molecule has 0 saturated carbocycles. The lowest BCUT2D eigenvalue weighted by Gasteiger charge is -2.42. The Bertz CT molecular complexity index is 413. The second-order valence-corrected chi connectivity index (χ2v) is 8.10. The van der Waals surface area contributed by atoms with Gasteiger partial charge in [0.2, 0.25) is 0 Å². The molecule has 1 aliphatic rings. The van der Waals surface area contributed by atoms with Crippen molar-refractivity contribution < 1.29 is 0 Å². The Morgan fingerprint density at radius 2 is 1.80 bits per heavy atom. The lowest BCUT2D eigenvalue weighted by atomic mass is 9.95. The van der Waals surface area contributed by atoms with Crippen LogP contribution in [0.2, 0.25) is 5.02 Å². The molecular formula is C16H25ClN2S. The molecule has 20 heavy (non-hydrogen) atoms. The SMILES string of the molecule is CCC(N)C(c1ccc(Cl)cc1)N1CC(C)SC(C)C1. The third-order valence-electron chi connectivity index (χ3n) is 3.93. The van der Waals surface area contributed by atoms with E-state index < -0.39 is 0 Å². The standard InChI is InChI=1S/C16H25ClN2S/c1-4-15(18)16(13-5-7-14(17)8-6-13)19-9-11(2)20-12(3)10-19/h5-8,11-12,15-16H,4,9-10,18H2,1-3H3. The van der Waals surface area contributed by atoms with Crippen LogP contribution >= 0.6 is 23.4 Å². The summed E-state index contributed by atoms with van der Waals surface area (Å²) in [7, 11) is 0. The summed E-state index contributed by atoms with van der Waals surface area (Å²) in [5.74, 6) is 0. The average molecular weight is 313 g/mol. The maximum Gasteiger partial charge on any atom is 0.0499 e. The van der Waals surface area contributed by atoms with Crippen molar-refractivity contribution in [3.8, 4) is 0 Å². The van der Waals surface area contributed by atoms with Crippen molar-refractivity contribution in [1.82, 2.24) is 4.90 Å². The van der Waals surface area contributed by atoms with Crippen LogP contribution in [0.5, 0.6) is 0 Å². The van der Waals surface area contributed by atoms with Gasteiger partial charge in [0.25, 0.3) is 0 Å². The van der Waals surface area contributed by atoms with Gasteiger partial charge in [0.1, 0.15) is 0 Å². The molecule has 2 rings (SSSR count). The van der Waals surface area contributed by atoms with E-state index in [1.54, 1.807) is 0 Å². The van der Waals surface area contributed by atoms with Gasteiger partial charge >= 0.3 is 0 Å². The third-order valence-corrected chi connectivity index (χ3v) is 5.41. The van der Waals surface area contributed by atoms with E-state index in [1.807, 2.05) is 12.1 Å². The number of nitrogens with zero attached hydrogens (tertiary/aromatic N) is 1. The predicted molar refractivity (Wildman–Crippen MR) is 90.5 cm³/mol. The van der Waals surface area contributed by atoms with E-state index in [9.17, 15) is 0 Å². The highest BCUT2D eigenvalue weighted by Gasteiger charge is 2.31. The molecule has 1 aromatic carbocycles. The maximum absolute atomic E-state index is 6.43. The summed E-state index contributed by atoms with van der Waals surface area (Å²) < 4.78 is 0. The summed E-state index contributed by atoms with van der Waals surface area (Å²) >= 11 is 8.09. The summed E-state index contributed by atoms with van der Waals surface area (Å²) in [6.07, 6.45) is 0.986. The van der Waals surface area contributed by atoms with Crippen LogP contribution in [0, 0.1) is 0 Å². The zero-order valence-corrected chi connectivity index (χ0v) is 14.1. The van der Waals surface area contributed by atoms with Crippen LogP contribution in [0.15, 0.2) is 24.3 Å². The summed E-state index contributed by atoms with van der Waals surface area (Å²) in [4.78, 5) is 2.56. The minimum absolute atomic E-state index is 0.165. The molecule has 2 nitrogen and oxygen atoms in total. The van der Waals surface area contributed by atoms with Crippen LogP contribution in [0.25, 0.3) is 0 Å². The third kappa shape index (κ3) is 3.91. The fourth-order valence-electron chi connectivity index (χ4n) is 3.06. The predicted octanol–water partition coefficient (Wildman–Crippen LogP) is 3.94. The largest absolute Gasteiger partial charge is 0.326 e. The second-order valence-electron chi connectivity index (χ2n) is 5.78. The number of rotatable bonds is 4. The number of benzene rings is 1. The average Bonchev–Trinajstić information content (AvgIpc) is 2.40. The van der Waals surface area contributed by atoms with E-state index >= 15 is 0 Å². The topological polar surface area (TPSA) is 29.3 Å². The Hall–Kier alpha value is -0.220. The lowest BCUT2D eigenvalue weighted by Crippen LogP contribution is -2.48. The quantitative estimate of drug-likeness (QED) is 0.913. The molecule has 0 spiro atoms. The van der Waals surface area contributed by atoms with Crippen LogP contribution in [-0.4, -0.2) is 34.5 Å². The zero-order valence-electron chi connectivity index (χ0n) is 12.6. The van der Waals surface area contributed by atoms with Crippen molar-refractivity contribution in [3.63, 3.8) is 0 Å². The molecule has 0 radical (unpaired) electrons. The van der Waals surface area contributed by atoms with Gasteiger partial charge < -0.3 is 5.73 Å². The molecular weight excluding hydrogens is 288 g/mol. The first-order valence-electron chi connectivity index (χ1n) is 7.41. The van der Waals surface area contributed by atoms with E-state index in [0.717, 1.165) is 24.5 Å². The number of halogens is 1. The Kier molecular flexibility index (Phi) is 5.79. The van der Waals surface area contributed by atoms with Gasteiger partial charge in [0.05, 0.1) is 0 Å². The van der Waals surface area contributed by atoms with Crippen LogP contribution in [0.4, 0.5) is 0 Å². The molecule has 0 amide bonds. The molecule has 0 aliphatic carbocycles. The molecule has 1 aromatic rings. The Morgan fingerprint density at radius 3 is 2.30 bits per heavy atom. The summed E-state index contributed by atoms with van der Waals surface area (Å²) in [5.41, 5.74) is 7.71. The highest BCUT2D eigenvalue weighted by Crippen LogP contribution is 2.33. The van der Waals surface area contributed by atoms with E-state index in [2.05, 4.69) is 49.6 Å². The molecule has 1 heterocycles. The molecule has 4 unspecified atom stereocenters. The van der Waals surface area contributed by atoms with Crippen LogP contribution in [0.1, 0.15) is 38.8 Å². The number of nitrogens with two attached hydrogens (primary N) is 1. The van der Waals surface area contributed by atoms with Gasteiger partial charge in [-0.2, -0.15) is 11.8 Å². The summed E-state index contributed by atoms with van der Waals surface area (Å²) in [6.45, 7) is 9.00. The molecule has 2 N–H and O–H groups in total. The van der Waals surface area contributed by atoms with Crippen molar-refractivity contribution in [2.45, 2.75) is 49.8 Å². The first-order valence-corrected chi connectivity index (χ1v) is 8.74. The van der Waals surface area contributed by atoms with E-state index in [4.69, 9.17) is 17.3 Å². The molecule has 1 aliphatic heterocycles. The van der Waals surface area contributed by atoms with Crippen molar-refractivity contribution in [1.29, 1.82) is 0 Å². The van der Waals surface area contributed by atoms with E-state index in [-0.39, 0.29) is 6.04 Å². The lowest BCUT2D eigenvalue weighted by molar-refractivity contribution is 0.167. The molecule has 112 valence electrons. The normalized spacial score (nSPS) is 27.2. The minimum atomic E-state index is 0.165. The van der Waals surface area contributed by atoms with Crippen molar-refractivity contribution in [3.05, 3.63) is 34.9 Å². The van der Waals surface area contributed by atoms with Gasteiger partial charge in [-0.25, -0.2) is 0 Å². The number of thioether (sulfide) groups is 1. The molecule has 4 atom stereocenters.